The molecule has 0 atom stereocenters. The number of hydrogen-bond acceptors (Lipinski definition) is 2. The predicted molar refractivity (Wildman–Crippen MR) is 232 cm³/mol. The average Bonchev–Trinajstić information content (AvgIpc) is 4.00. The summed E-state index contributed by atoms with van der Waals surface area (Å²) in [5.41, 5.74) is 22.1. The number of para-hydroxylation sites is 1. The second-order valence-corrected chi connectivity index (χ2v) is 14.6. The number of fused-ring (bicyclic) bond motifs is 8. The molecule has 1 aliphatic carbocycles. The Morgan fingerprint density at radius 1 is 0.607 bits per heavy atom. The van der Waals surface area contributed by atoms with Gasteiger partial charge in [-0.1, -0.05) is 127 Å². The van der Waals surface area contributed by atoms with Crippen molar-refractivity contribution >= 4 is 44.7 Å². The number of nitrogens with one attached hydrogen (secondary N) is 1. The fourth-order valence-electron chi connectivity index (χ4n) is 9.45. The lowest BCUT2D eigenvalue weighted by atomic mass is 9.69. The molecule has 0 bridgehead atoms. The molecular weight excluding hydrogens is 683 g/mol. The SMILES string of the molecule is C/C=C\c1c(N)n(-c2ccc(-c3ccc(-n4c5ccccc5c5c6c(ccc54)C(c4ccccc4)(c4ccccc4)c4ncccc4-6)cc3)cc2)c2[nH]ccc12. The Hall–Kier alpha value is -7.37. The molecular formula is C51H37N5. The molecule has 6 aromatic carbocycles. The minimum Gasteiger partial charge on any atom is -0.384 e. The van der Waals surface area contributed by atoms with Crippen molar-refractivity contribution in [1.82, 2.24) is 19.1 Å². The zero-order valence-electron chi connectivity index (χ0n) is 30.8. The number of pyridine rings is 1. The third-order valence-corrected chi connectivity index (χ3v) is 11.8. The second kappa shape index (κ2) is 12.3. The van der Waals surface area contributed by atoms with E-state index in [2.05, 4.69) is 184 Å². The molecule has 0 unspecified atom stereocenters. The quantitative estimate of drug-likeness (QED) is 0.180. The van der Waals surface area contributed by atoms with Gasteiger partial charge in [-0.15, -0.1) is 0 Å². The van der Waals surface area contributed by atoms with Crippen LogP contribution in [0.5, 0.6) is 0 Å². The van der Waals surface area contributed by atoms with Crippen LogP contribution in [0.1, 0.15) is 34.9 Å². The molecule has 0 saturated heterocycles. The number of allylic oxidation sites excluding steroid dienone is 1. The number of rotatable bonds is 6. The Kier molecular flexibility index (Phi) is 7.07. The van der Waals surface area contributed by atoms with Crippen LogP contribution in [0, 0.1) is 0 Å². The number of hydrogen-bond donors (Lipinski definition) is 2. The molecule has 5 heteroatoms. The maximum atomic E-state index is 6.68. The van der Waals surface area contributed by atoms with Crippen LogP contribution in [-0.2, 0) is 5.41 Å². The van der Waals surface area contributed by atoms with Crippen molar-refractivity contribution < 1.29 is 0 Å². The minimum atomic E-state index is -0.557. The molecule has 11 rings (SSSR count). The normalized spacial score (nSPS) is 13.2. The Morgan fingerprint density at radius 2 is 1.25 bits per heavy atom. The van der Waals surface area contributed by atoms with Crippen LogP contribution in [0.3, 0.4) is 0 Å². The van der Waals surface area contributed by atoms with Gasteiger partial charge >= 0.3 is 0 Å². The molecule has 0 radical (unpaired) electrons. The van der Waals surface area contributed by atoms with Gasteiger partial charge in [0.15, 0.2) is 0 Å². The van der Waals surface area contributed by atoms with Crippen molar-refractivity contribution in [3.05, 3.63) is 210 Å². The van der Waals surface area contributed by atoms with E-state index in [0.29, 0.717) is 0 Å². The average molecular weight is 720 g/mol. The molecule has 0 spiro atoms. The first-order valence-corrected chi connectivity index (χ1v) is 19.1. The highest BCUT2D eigenvalue weighted by Crippen LogP contribution is 2.58. The van der Waals surface area contributed by atoms with Crippen LogP contribution in [0.2, 0.25) is 0 Å². The van der Waals surface area contributed by atoms with Crippen LogP contribution in [0.25, 0.3) is 72.5 Å². The molecule has 56 heavy (non-hydrogen) atoms. The van der Waals surface area contributed by atoms with E-state index in [1.807, 2.05) is 25.4 Å². The van der Waals surface area contributed by atoms with Gasteiger partial charge < -0.3 is 15.3 Å². The van der Waals surface area contributed by atoms with Crippen molar-refractivity contribution in [2.45, 2.75) is 12.3 Å². The van der Waals surface area contributed by atoms with Gasteiger partial charge in [0, 0.05) is 51.1 Å². The van der Waals surface area contributed by atoms with Crippen LogP contribution in [-0.4, -0.2) is 19.1 Å². The Labute approximate surface area is 324 Å². The van der Waals surface area contributed by atoms with Gasteiger partial charge in [0.05, 0.1) is 22.1 Å². The van der Waals surface area contributed by atoms with Gasteiger partial charge in [-0.3, -0.25) is 9.55 Å². The van der Waals surface area contributed by atoms with Crippen LogP contribution in [0.4, 0.5) is 5.82 Å². The van der Waals surface area contributed by atoms with Crippen molar-refractivity contribution in [1.29, 1.82) is 0 Å². The van der Waals surface area contributed by atoms with E-state index >= 15 is 0 Å². The molecule has 0 saturated carbocycles. The first kappa shape index (κ1) is 32.1. The van der Waals surface area contributed by atoms with E-state index in [4.69, 9.17) is 10.7 Å². The fraction of sp³-hybridized carbons (Fsp3) is 0.0392. The van der Waals surface area contributed by atoms with Gasteiger partial charge in [0.1, 0.15) is 11.5 Å². The van der Waals surface area contributed by atoms with Gasteiger partial charge in [-0.2, -0.15) is 0 Å². The second-order valence-electron chi connectivity index (χ2n) is 14.6. The molecule has 5 nitrogen and oxygen atoms in total. The molecule has 266 valence electrons. The van der Waals surface area contributed by atoms with Gasteiger partial charge in [0.25, 0.3) is 0 Å². The number of nitrogen functional groups attached to an aromatic ring is 1. The van der Waals surface area contributed by atoms with Crippen LogP contribution in [0.15, 0.2) is 182 Å². The number of nitrogens with two attached hydrogens (primary N) is 1. The van der Waals surface area contributed by atoms with Crippen LogP contribution >= 0.6 is 0 Å². The maximum absolute atomic E-state index is 6.68. The number of benzene rings is 6. The molecule has 4 heterocycles. The largest absolute Gasteiger partial charge is 0.384 e. The Morgan fingerprint density at radius 3 is 1.93 bits per heavy atom. The third kappa shape index (κ3) is 4.39. The molecule has 0 amide bonds. The smallest absolute Gasteiger partial charge is 0.124 e. The minimum absolute atomic E-state index is 0.557. The zero-order valence-corrected chi connectivity index (χ0v) is 30.8. The number of aromatic amines is 1. The van der Waals surface area contributed by atoms with E-state index in [1.54, 1.807) is 0 Å². The van der Waals surface area contributed by atoms with E-state index in [0.717, 1.165) is 50.6 Å². The van der Waals surface area contributed by atoms with Crippen molar-refractivity contribution in [2.75, 3.05) is 5.73 Å². The summed E-state index contributed by atoms with van der Waals surface area (Å²) >= 11 is 0. The summed E-state index contributed by atoms with van der Waals surface area (Å²) in [6.45, 7) is 2.02. The number of anilines is 1. The number of aromatic nitrogens is 4. The summed E-state index contributed by atoms with van der Waals surface area (Å²) < 4.78 is 4.51. The molecule has 10 aromatic rings. The standard InChI is InChI=1S/C51H37N5/c1-2-12-39-40-30-32-54-50(40)56(49(39)52)38-26-22-34(23-27-38)33-20-24-37(25-21-33)55-44-19-10-9-17-41(44)47-45(55)29-28-43-46(47)42-18-11-31-53-48(42)51(43,35-13-5-3-6-14-35)36-15-7-4-8-16-36/h2-32,54H,52H2,1H3/b12-2-. The van der Waals surface area contributed by atoms with Gasteiger partial charge in [-0.05, 0) is 88.8 Å². The van der Waals surface area contributed by atoms with E-state index in [1.165, 1.54) is 49.6 Å². The molecule has 1 aliphatic rings. The molecule has 4 aromatic heterocycles. The summed E-state index contributed by atoms with van der Waals surface area (Å²) in [5, 5.41) is 3.59. The number of H-pyrrole nitrogens is 1. The maximum Gasteiger partial charge on any atom is 0.124 e. The highest BCUT2D eigenvalue weighted by atomic mass is 15.1. The summed E-state index contributed by atoms with van der Waals surface area (Å²) in [7, 11) is 0. The van der Waals surface area contributed by atoms with E-state index in [9.17, 15) is 0 Å². The summed E-state index contributed by atoms with van der Waals surface area (Å²) in [4.78, 5) is 8.58. The van der Waals surface area contributed by atoms with Crippen molar-refractivity contribution in [3.63, 3.8) is 0 Å². The topological polar surface area (TPSA) is 64.6 Å². The third-order valence-electron chi connectivity index (χ3n) is 11.8. The highest BCUT2D eigenvalue weighted by molar-refractivity contribution is 6.18. The van der Waals surface area contributed by atoms with Crippen molar-refractivity contribution in [2.24, 2.45) is 0 Å². The first-order valence-electron chi connectivity index (χ1n) is 19.1. The van der Waals surface area contributed by atoms with Gasteiger partial charge in [-0.25, -0.2) is 0 Å². The summed E-state index contributed by atoms with van der Waals surface area (Å²) in [5.74, 6) is 0.726. The lowest BCUT2D eigenvalue weighted by Gasteiger charge is -2.32. The zero-order chi connectivity index (χ0) is 37.4. The molecule has 0 fully saturated rings. The van der Waals surface area contributed by atoms with Crippen molar-refractivity contribution in [3.8, 4) is 33.6 Å². The summed E-state index contributed by atoms with van der Waals surface area (Å²) in [6, 6.07) is 59.2. The van der Waals surface area contributed by atoms with E-state index in [-0.39, 0.29) is 0 Å². The Balaban J connectivity index is 1.06. The van der Waals surface area contributed by atoms with Gasteiger partial charge in [0.2, 0.25) is 0 Å². The lowest BCUT2D eigenvalue weighted by molar-refractivity contribution is 0.738. The number of nitrogens with zero attached hydrogens (tertiary/aromatic N) is 3. The molecule has 3 N–H and O–H groups in total. The predicted octanol–water partition coefficient (Wildman–Crippen LogP) is 12.1. The monoisotopic (exact) mass is 719 g/mol. The summed E-state index contributed by atoms with van der Waals surface area (Å²) in [6.07, 6.45) is 8.01. The first-order chi connectivity index (χ1) is 27.7. The highest BCUT2D eigenvalue weighted by Gasteiger charge is 2.48. The fourth-order valence-corrected chi connectivity index (χ4v) is 9.45. The van der Waals surface area contributed by atoms with Crippen LogP contribution < -0.4 is 5.73 Å². The molecule has 0 aliphatic heterocycles. The lowest BCUT2D eigenvalue weighted by Crippen LogP contribution is -2.29. The Bertz CT molecular complexity index is 3090. The van der Waals surface area contributed by atoms with E-state index < -0.39 is 5.41 Å².